The van der Waals surface area contributed by atoms with Crippen LogP contribution in [0.25, 0.3) is 0 Å². The Kier molecular flexibility index (Phi) is 6.43. The number of halogens is 2. The number of nitrogens with zero attached hydrogens (tertiary/aromatic N) is 1. The first-order valence-corrected chi connectivity index (χ1v) is 9.00. The van der Waals surface area contributed by atoms with Crippen molar-refractivity contribution in [3.8, 4) is 5.75 Å². The number of benzene rings is 2. The van der Waals surface area contributed by atoms with Crippen LogP contribution in [0.15, 0.2) is 42.5 Å². The minimum absolute atomic E-state index is 0.0215. The maximum Gasteiger partial charge on any atom is 0.319 e. The van der Waals surface area contributed by atoms with Gasteiger partial charge in [0.25, 0.3) is 0 Å². The number of amides is 2. The maximum atomic E-state index is 14.6. The van der Waals surface area contributed by atoms with E-state index in [1.807, 2.05) is 4.90 Å². The first kappa shape index (κ1) is 20.0. The quantitative estimate of drug-likeness (QED) is 0.708. The normalized spacial score (nSPS) is 19.4. The summed E-state index contributed by atoms with van der Waals surface area (Å²) in [5.41, 5.74) is 0.935. The molecule has 0 aromatic heterocycles. The Morgan fingerprint density at radius 2 is 1.96 bits per heavy atom. The van der Waals surface area contributed by atoms with Crippen molar-refractivity contribution < 1.29 is 23.4 Å². The lowest BCUT2D eigenvalue weighted by Gasteiger charge is -2.21. The molecular weight excluding hydrogens is 368 g/mol. The van der Waals surface area contributed by atoms with Crippen LogP contribution in [0.2, 0.25) is 0 Å². The van der Waals surface area contributed by atoms with Crippen LogP contribution in [-0.2, 0) is 0 Å². The molecule has 0 radical (unpaired) electrons. The number of β-amino-alcohol motifs (C(OH)–C–C–N with tert-alkyl or cyclic N) is 1. The van der Waals surface area contributed by atoms with Crippen molar-refractivity contribution in [2.45, 2.75) is 12.0 Å². The molecule has 2 aromatic carbocycles. The minimum atomic E-state index is -0.457. The van der Waals surface area contributed by atoms with Crippen LogP contribution in [0.1, 0.15) is 11.5 Å². The van der Waals surface area contributed by atoms with E-state index in [1.165, 1.54) is 37.4 Å². The molecule has 2 atom stereocenters. The number of methoxy groups -OCH3 is 1. The molecule has 8 heteroatoms. The highest BCUT2D eigenvalue weighted by atomic mass is 19.1. The van der Waals surface area contributed by atoms with E-state index in [0.29, 0.717) is 36.6 Å². The number of anilines is 1. The van der Waals surface area contributed by atoms with Crippen molar-refractivity contribution in [1.82, 2.24) is 10.2 Å². The number of carbonyl (C=O) groups excluding carboxylic acids is 1. The zero-order valence-corrected chi connectivity index (χ0v) is 15.5. The standard InChI is InChI=1S/C20H23F2N3O3/c1-28-15-6-7-16(18(22)10-15)17-11-25(8-9-26)12-19(17)24-20(27)23-14-4-2-13(21)3-5-14/h2-7,10,17,19,26H,8-9,11-12H2,1H3,(H2,23,24,27)/t17-,19+/m0/s1. The number of rotatable bonds is 6. The average Bonchev–Trinajstić information content (AvgIpc) is 3.05. The van der Waals surface area contributed by atoms with E-state index >= 15 is 0 Å². The van der Waals surface area contributed by atoms with Crippen LogP contribution in [0, 0.1) is 11.6 Å². The number of hydrogen-bond donors (Lipinski definition) is 3. The Morgan fingerprint density at radius 3 is 2.61 bits per heavy atom. The van der Waals surface area contributed by atoms with Crippen molar-refractivity contribution in [2.24, 2.45) is 0 Å². The second kappa shape index (κ2) is 8.99. The van der Waals surface area contributed by atoms with Crippen LogP contribution in [0.3, 0.4) is 0 Å². The molecule has 1 aliphatic rings. The third-order valence-electron chi connectivity index (χ3n) is 4.84. The highest BCUT2D eigenvalue weighted by molar-refractivity contribution is 5.89. The molecule has 0 spiro atoms. The summed E-state index contributed by atoms with van der Waals surface area (Å²) in [4.78, 5) is 14.4. The third-order valence-corrected chi connectivity index (χ3v) is 4.84. The van der Waals surface area contributed by atoms with Gasteiger partial charge in [-0.15, -0.1) is 0 Å². The van der Waals surface area contributed by atoms with Gasteiger partial charge in [-0.2, -0.15) is 0 Å². The third kappa shape index (κ3) is 4.76. The van der Waals surface area contributed by atoms with E-state index in [2.05, 4.69) is 10.6 Å². The molecule has 2 amide bonds. The second-order valence-corrected chi connectivity index (χ2v) is 6.69. The van der Waals surface area contributed by atoms with Gasteiger partial charge in [0.1, 0.15) is 17.4 Å². The first-order chi connectivity index (χ1) is 13.5. The van der Waals surface area contributed by atoms with Crippen molar-refractivity contribution in [2.75, 3.05) is 38.7 Å². The molecular formula is C20H23F2N3O3. The van der Waals surface area contributed by atoms with Gasteiger partial charge < -0.3 is 20.5 Å². The van der Waals surface area contributed by atoms with E-state index < -0.39 is 17.7 Å². The Morgan fingerprint density at radius 1 is 1.21 bits per heavy atom. The molecule has 1 heterocycles. The van der Waals surface area contributed by atoms with Crippen LogP contribution < -0.4 is 15.4 Å². The molecule has 28 heavy (non-hydrogen) atoms. The fraction of sp³-hybridized carbons (Fsp3) is 0.350. The van der Waals surface area contributed by atoms with Crippen molar-refractivity contribution in [1.29, 1.82) is 0 Å². The van der Waals surface area contributed by atoms with Crippen LogP contribution >= 0.6 is 0 Å². The molecule has 3 N–H and O–H groups in total. The van der Waals surface area contributed by atoms with E-state index in [9.17, 15) is 18.7 Å². The lowest BCUT2D eigenvalue weighted by atomic mass is 9.93. The molecule has 6 nitrogen and oxygen atoms in total. The van der Waals surface area contributed by atoms with Gasteiger partial charge in [0.2, 0.25) is 0 Å². The number of urea groups is 1. The maximum absolute atomic E-state index is 14.6. The van der Waals surface area contributed by atoms with Crippen molar-refractivity contribution >= 4 is 11.7 Å². The monoisotopic (exact) mass is 391 g/mol. The highest BCUT2D eigenvalue weighted by Crippen LogP contribution is 2.31. The van der Waals surface area contributed by atoms with E-state index in [1.54, 1.807) is 12.1 Å². The Balaban J connectivity index is 1.74. The molecule has 150 valence electrons. The van der Waals surface area contributed by atoms with Gasteiger partial charge in [-0.25, -0.2) is 13.6 Å². The molecule has 0 aliphatic carbocycles. The topological polar surface area (TPSA) is 73.8 Å². The molecule has 1 fully saturated rings. The summed E-state index contributed by atoms with van der Waals surface area (Å²) >= 11 is 0. The highest BCUT2D eigenvalue weighted by Gasteiger charge is 2.36. The lowest BCUT2D eigenvalue weighted by molar-refractivity contribution is 0.217. The number of hydrogen-bond acceptors (Lipinski definition) is 4. The Bertz CT molecular complexity index is 817. The summed E-state index contributed by atoms with van der Waals surface area (Å²) < 4.78 is 32.6. The largest absolute Gasteiger partial charge is 0.497 e. The molecule has 0 saturated carbocycles. The van der Waals surface area contributed by atoms with Gasteiger partial charge in [-0.1, -0.05) is 6.07 Å². The summed E-state index contributed by atoms with van der Waals surface area (Å²) in [6.45, 7) is 1.40. The first-order valence-electron chi connectivity index (χ1n) is 9.00. The summed E-state index contributed by atoms with van der Waals surface area (Å²) in [6.07, 6.45) is 0. The molecule has 0 unspecified atom stereocenters. The molecule has 2 aromatic rings. The van der Waals surface area contributed by atoms with Crippen LogP contribution in [-0.4, -0.2) is 55.4 Å². The average molecular weight is 391 g/mol. The van der Waals surface area contributed by atoms with E-state index in [4.69, 9.17) is 4.74 Å². The molecule has 3 rings (SSSR count). The van der Waals surface area contributed by atoms with Gasteiger partial charge in [0.05, 0.1) is 19.8 Å². The van der Waals surface area contributed by atoms with Gasteiger partial charge in [-0.05, 0) is 35.9 Å². The Labute approximate surface area is 162 Å². The summed E-state index contributed by atoms with van der Waals surface area (Å²) in [5, 5.41) is 14.7. The summed E-state index contributed by atoms with van der Waals surface area (Å²) in [6, 6.07) is 9.28. The van der Waals surface area contributed by atoms with Crippen molar-refractivity contribution in [3.63, 3.8) is 0 Å². The SMILES string of the molecule is COc1ccc([C@@H]2CN(CCO)C[C@H]2NC(=O)Nc2ccc(F)cc2)c(F)c1. The van der Waals surface area contributed by atoms with E-state index in [0.717, 1.165) is 0 Å². The Hall–Kier alpha value is -2.71. The number of aliphatic hydroxyl groups is 1. The number of nitrogens with one attached hydrogen (secondary N) is 2. The fourth-order valence-corrected chi connectivity index (χ4v) is 3.48. The predicted octanol–water partition coefficient (Wildman–Crippen LogP) is 2.56. The lowest BCUT2D eigenvalue weighted by Crippen LogP contribution is -2.42. The van der Waals surface area contributed by atoms with Gasteiger partial charge >= 0.3 is 6.03 Å². The summed E-state index contributed by atoms with van der Waals surface area (Å²) in [7, 11) is 1.47. The molecule has 1 aliphatic heterocycles. The zero-order valence-electron chi connectivity index (χ0n) is 15.5. The second-order valence-electron chi connectivity index (χ2n) is 6.69. The minimum Gasteiger partial charge on any atom is -0.497 e. The fourth-order valence-electron chi connectivity index (χ4n) is 3.48. The van der Waals surface area contributed by atoms with Crippen LogP contribution in [0.4, 0.5) is 19.3 Å². The van der Waals surface area contributed by atoms with Crippen molar-refractivity contribution in [3.05, 3.63) is 59.7 Å². The molecule has 0 bridgehead atoms. The number of aliphatic hydroxyl groups excluding tert-OH is 1. The summed E-state index contributed by atoms with van der Waals surface area (Å²) in [5.74, 6) is -0.654. The van der Waals surface area contributed by atoms with Gasteiger partial charge in [-0.3, -0.25) is 4.90 Å². The van der Waals surface area contributed by atoms with Gasteiger partial charge in [0.15, 0.2) is 0 Å². The number of likely N-dealkylation sites (tertiary alicyclic amines) is 1. The van der Waals surface area contributed by atoms with Crippen LogP contribution in [0.5, 0.6) is 5.75 Å². The van der Waals surface area contributed by atoms with Gasteiger partial charge in [0, 0.05) is 37.3 Å². The number of ether oxygens (including phenoxy) is 1. The zero-order chi connectivity index (χ0) is 20.1. The smallest absolute Gasteiger partial charge is 0.319 e. The predicted molar refractivity (Wildman–Crippen MR) is 102 cm³/mol. The molecule has 1 saturated heterocycles. The number of carbonyl (C=O) groups is 1. The van der Waals surface area contributed by atoms with E-state index in [-0.39, 0.29) is 18.6 Å².